The molecule has 0 unspecified atom stereocenters. The zero-order valence-corrected chi connectivity index (χ0v) is 15.2. The highest BCUT2D eigenvalue weighted by Crippen LogP contribution is 2.34. The molecule has 3 rings (SSSR count). The number of piperidine rings is 1. The van der Waals surface area contributed by atoms with Gasteiger partial charge >= 0.3 is 0 Å². The molecule has 2 aliphatic rings. The minimum Gasteiger partial charge on any atom is -0.381 e. The highest BCUT2D eigenvalue weighted by Gasteiger charge is 2.32. The average molecular weight is 403 g/mol. The number of amides is 1. The van der Waals surface area contributed by atoms with E-state index >= 15 is 0 Å². The third kappa shape index (κ3) is 3.31. The van der Waals surface area contributed by atoms with Crippen molar-refractivity contribution in [2.75, 3.05) is 25.5 Å². The molecule has 1 amide bonds. The van der Waals surface area contributed by atoms with E-state index in [-0.39, 0.29) is 16.9 Å². The Balaban J connectivity index is 1.91. The van der Waals surface area contributed by atoms with Crippen LogP contribution in [0, 0.1) is 0 Å². The van der Waals surface area contributed by atoms with Crippen LogP contribution in [0.3, 0.4) is 0 Å². The number of nitrogens with one attached hydrogen (secondary N) is 1. The van der Waals surface area contributed by atoms with Crippen LogP contribution in [0.1, 0.15) is 24.8 Å². The van der Waals surface area contributed by atoms with Gasteiger partial charge in [0.15, 0.2) is 0 Å². The van der Waals surface area contributed by atoms with Gasteiger partial charge in [-0.05, 0) is 52.9 Å². The molecule has 2 aliphatic heterocycles. The van der Waals surface area contributed by atoms with Crippen LogP contribution < -0.4 is 5.32 Å². The third-order valence-corrected chi connectivity index (χ3v) is 7.26. The predicted octanol–water partition coefficient (Wildman–Crippen LogP) is 2.13. The largest absolute Gasteiger partial charge is 0.381 e. The summed E-state index contributed by atoms with van der Waals surface area (Å²) >= 11 is 3.38. The number of benzene rings is 1. The van der Waals surface area contributed by atoms with E-state index in [2.05, 4.69) is 21.2 Å². The van der Waals surface area contributed by atoms with Gasteiger partial charge < -0.3 is 10.1 Å². The summed E-state index contributed by atoms with van der Waals surface area (Å²) in [5, 5.41) is 2.76. The molecule has 0 spiro atoms. The van der Waals surface area contributed by atoms with Gasteiger partial charge in [-0.15, -0.1) is 0 Å². The Hall–Kier alpha value is -0.960. The van der Waals surface area contributed by atoms with Crippen molar-refractivity contribution < 1.29 is 17.9 Å². The number of ether oxygens (including phenoxy) is 1. The molecule has 1 fully saturated rings. The average Bonchev–Trinajstić information content (AvgIpc) is 2.54. The zero-order chi connectivity index (χ0) is 16.6. The van der Waals surface area contributed by atoms with Gasteiger partial charge in [0.1, 0.15) is 0 Å². The smallest absolute Gasteiger partial charge is 0.244 e. The number of methoxy groups -OCH3 is 1. The first kappa shape index (κ1) is 16.9. The zero-order valence-electron chi connectivity index (χ0n) is 12.8. The van der Waals surface area contributed by atoms with Gasteiger partial charge in [0.05, 0.1) is 11.0 Å². The molecule has 0 atom stereocenters. The van der Waals surface area contributed by atoms with E-state index in [4.69, 9.17) is 4.74 Å². The van der Waals surface area contributed by atoms with Gasteiger partial charge in [-0.2, -0.15) is 4.31 Å². The predicted molar refractivity (Wildman–Crippen MR) is 89.9 cm³/mol. The summed E-state index contributed by atoms with van der Waals surface area (Å²) in [6.07, 6.45) is 2.55. The van der Waals surface area contributed by atoms with Crippen molar-refractivity contribution in [2.45, 2.75) is 36.7 Å². The minimum atomic E-state index is -3.60. The SMILES string of the molecule is COC1CCN(S(=O)(=O)c2cc3c(cc2Br)CCC(=O)N3)CC1. The molecule has 23 heavy (non-hydrogen) atoms. The molecule has 126 valence electrons. The van der Waals surface area contributed by atoms with Crippen molar-refractivity contribution in [3.8, 4) is 0 Å². The quantitative estimate of drug-likeness (QED) is 0.839. The van der Waals surface area contributed by atoms with Crippen molar-refractivity contribution in [1.29, 1.82) is 0 Å². The van der Waals surface area contributed by atoms with Crippen LogP contribution in [-0.4, -0.2) is 44.9 Å². The van der Waals surface area contributed by atoms with Crippen molar-refractivity contribution in [3.05, 3.63) is 22.2 Å². The number of carbonyl (C=O) groups is 1. The Morgan fingerprint density at radius 2 is 1.96 bits per heavy atom. The topological polar surface area (TPSA) is 75.7 Å². The number of hydrogen-bond donors (Lipinski definition) is 1. The fraction of sp³-hybridized carbons (Fsp3) is 0.533. The lowest BCUT2D eigenvalue weighted by atomic mass is 10.0. The van der Waals surface area contributed by atoms with E-state index in [9.17, 15) is 13.2 Å². The summed E-state index contributed by atoms with van der Waals surface area (Å²) in [5.74, 6) is -0.0796. The maximum Gasteiger partial charge on any atom is 0.244 e. The Morgan fingerprint density at radius 1 is 1.26 bits per heavy atom. The number of aryl methyl sites for hydroxylation is 1. The second-order valence-electron chi connectivity index (χ2n) is 5.83. The maximum absolute atomic E-state index is 12.9. The van der Waals surface area contributed by atoms with Gasteiger partial charge in [-0.25, -0.2) is 8.42 Å². The summed E-state index contributed by atoms with van der Waals surface area (Å²) < 4.78 is 33.1. The molecule has 8 heteroatoms. The molecule has 1 aromatic carbocycles. The number of fused-ring (bicyclic) bond motifs is 1. The van der Waals surface area contributed by atoms with E-state index in [1.54, 1.807) is 19.2 Å². The second kappa shape index (κ2) is 6.51. The number of carbonyl (C=O) groups excluding carboxylic acids is 1. The van der Waals surface area contributed by atoms with Crippen LogP contribution in [0.25, 0.3) is 0 Å². The lowest BCUT2D eigenvalue weighted by Crippen LogP contribution is -2.40. The molecule has 0 saturated carbocycles. The Morgan fingerprint density at radius 3 is 2.61 bits per heavy atom. The lowest BCUT2D eigenvalue weighted by Gasteiger charge is -2.31. The fourth-order valence-electron chi connectivity index (χ4n) is 3.02. The highest BCUT2D eigenvalue weighted by atomic mass is 79.9. The third-order valence-electron chi connectivity index (χ3n) is 4.41. The van der Waals surface area contributed by atoms with E-state index in [0.717, 1.165) is 5.56 Å². The molecular weight excluding hydrogens is 384 g/mol. The van der Waals surface area contributed by atoms with Crippen LogP contribution in [0.4, 0.5) is 5.69 Å². The first-order valence-electron chi connectivity index (χ1n) is 7.57. The van der Waals surface area contributed by atoms with Crippen molar-refractivity contribution in [2.24, 2.45) is 0 Å². The van der Waals surface area contributed by atoms with E-state index in [1.807, 2.05) is 0 Å². The molecule has 0 aromatic heterocycles. The number of sulfonamides is 1. The number of rotatable bonds is 3. The highest BCUT2D eigenvalue weighted by molar-refractivity contribution is 9.10. The molecule has 0 bridgehead atoms. The summed E-state index contributed by atoms with van der Waals surface area (Å²) in [4.78, 5) is 11.7. The maximum atomic E-state index is 12.9. The van der Waals surface area contributed by atoms with Crippen LogP contribution in [0.15, 0.2) is 21.5 Å². The van der Waals surface area contributed by atoms with Crippen LogP contribution >= 0.6 is 15.9 Å². The summed E-state index contributed by atoms with van der Waals surface area (Å²) in [6.45, 7) is 0.882. The molecular formula is C15H19BrN2O4S. The number of nitrogens with zero attached hydrogens (tertiary/aromatic N) is 1. The second-order valence-corrected chi connectivity index (χ2v) is 8.59. The number of halogens is 1. The van der Waals surface area contributed by atoms with Gasteiger partial charge in [-0.3, -0.25) is 4.79 Å². The molecule has 0 aliphatic carbocycles. The van der Waals surface area contributed by atoms with E-state index < -0.39 is 10.0 Å². The van der Waals surface area contributed by atoms with Crippen LogP contribution in [-0.2, 0) is 26.0 Å². The van der Waals surface area contributed by atoms with Crippen molar-refractivity contribution in [3.63, 3.8) is 0 Å². The molecule has 0 radical (unpaired) electrons. The van der Waals surface area contributed by atoms with Crippen LogP contribution in [0.2, 0.25) is 0 Å². The molecule has 1 saturated heterocycles. The van der Waals surface area contributed by atoms with Gasteiger partial charge in [0.2, 0.25) is 15.9 Å². The normalized spacial score (nSPS) is 20.2. The first-order chi connectivity index (χ1) is 10.9. The Bertz CT molecular complexity index is 727. The van der Waals surface area contributed by atoms with Crippen molar-refractivity contribution in [1.82, 2.24) is 4.31 Å². The number of anilines is 1. The molecule has 1 aromatic rings. The van der Waals surface area contributed by atoms with Crippen LogP contribution in [0.5, 0.6) is 0 Å². The van der Waals surface area contributed by atoms with E-state index in [0.29, 0.717) is 48.9 Å². The van der Waals surface area contributed by atoms with E-state index in [1.165, 1.54) is 4.31 Å². The van der Waals surface area contributed by atoms with Gasteiger partial charge in [0, 0.05) is 36.8 Å². The van der Waals surface area contributed by atoms with Crippen molar-refractivity contribution >= 4 is 37.5 Å². The molecule has 2 heterocycles. The minimum absolute atomic E-state index is 0.0796. The molecule has 6 nitrogen and oxygen atoms in total. The summed E-state index contributed by atoms with van der Waals surface area (Å²) in [5.41, 5.74) is 1.54. The Kier molecular flexibility index (Phi) is 4.78. The standard InChI is InChI=1S/C15H19BrN2O4S/c1-22-11-4-6-18(7-5-11)23(20,21)14-9-13-10(8-12(14)16)2-3-15(19)17-13/h8-9,11H,2-7H2,1H3,(H,17,19). The fourth-order valence-corrected chi connectivity index (χ4v) is 5.57. The first-order valence-corrected chi connectivity index (χ1v) is 9.80. The Labute approximate surface area is 144 Å². The monoisotopic (exact) mass is 402 g/mol. The van der Waals surface area contributed by atoms with Gasteiger partial charge in [-0.1, -0.05) is 0 Å². The lowest BCUT2D eigenvalue weighted by molar-refractivity contribution is -0.116. The summed E-state index contributed by atoms with van der Waals surface area (Å²) in [7, 11) is -1.95. The van der Waals surface area contributed by atoms with Gasteiger partial charge in [0.25, 0.3) is 0 Å². The summed E-state index contributed by atoms with van der Waals surface area (Å²) in [6, 6.07) is 3.36. The number of hydrogen-bond acceptors (Lipinski definition) is 4. The molecule has 1 N–H and O–H groups in total.